The third kappa shape index (κ3) is 7.60. The predicted molar refractivity (Wildman–Crippen MR) is 95.7 cm³/mol. The Morgan fingerprint density at radius 3 is 1.45 bits per heavy atom. The van der Waals surface area contributed by atoms with Crippen LogP contribution in [0.5, 0.6) is 11.5 Å². The fraction of sp³-hybridized carbons (Fsp3) is 0.667. The summed E-state index contributed by atoms with van der Waals surface area (Å²) in [5, 5.41) is 1.12. The molecule has 1 rings (SSSR count). The molecule has 0 aliphatic heterocycles. The topological polar surface area (TPSA) is 18.5 Å². The molecule has 0 heterocycles. The van der Waals surface area contributed by atoms with Crippen LogP contribution in [0.2, 0.25) is 10.0 Å². The minimum atomic E-state index is 0.559. The Labute approximate surface area is 145 Å². The van der Waals surface area contributed by atoms with Gasteiger partial charge in [-0.25, -0.2) is 0 Å². The molecule has 0 spiro atoms. The van der Waals surface area contributed by atoms with E-state index in [1.165, 1.54) is 38.5 Å². The first kappa shape index (κ1) is 19.4. The molecule has 0 amide bonds. The van der Waals surface area contributed by atoms with E-state index in [0.29, 0.717) is 34.8 Å². The second kappa shape index (κ2) is 11.9. The maximum atomic E-state index is 6.24. The lowest BCUT2D eigenvalue weighted by molar-refractivity contribution is 0.297. The monoisotopic (exact) mass is 346 g/mol. The van der Waals surface area contributed by atoms with Crippen LogP contribution in [0, 0.1) is 0 Å². The number of ether oxygens (including phenoxy) is 2. The van der Waals surface area contributed by atoms with Gasteiger partial charge in [0, 0.05) is 12.1 Å². The van der Waals surface area contributed by atoms with Crippen molar-refractivity contribution in [2.45, 2.75) is 65.2 Å². The van der Waals surface area contributed by atoms with E-state index in [2.05, 4.69) is 13.8 Å². The Balaban J connectivity index is 2.42. The standard InChI is InChI=1S/C18H28Cl2O2/c1-3-5-7-9-11-21-17-13-16(20)18(14-15(17)19)22-12-10-8-6-4-2/h13-14H,3-12H2,1-2H3. The molecule has 0 radical (unpaired) electrons. The average molecular weight is 347 g/mol. The number of hydrogen-bond acceptors (Lipinski definition) is 2. The number of rotatable bonds is 12. The minimum absolute atomic E-state index is 0.559. The molecule has 126 valence electrons. The fourth-order valence-electron chi connectivity index (χ4n) is 2.15. The van der Waals surface area contributed by atoms with E-state index in [4.69, 9.17) is 32.7 Å². The van der Waals surface area contributed by atoms with Crippen LogP contribution >= 0.6 is 23.2 Å². The van der Waals surface area contributed by atoms with Crippen LogP contribution in [0.1, 0.15) is 65.2 Å². The minimum Gasteiger partial charge on any atom is -0.492 e. The quantitative estimate of drug-likeness (QED) is 0.382. The zero-order valence-corrected chi connectivity index (χ0v) is 15.3. The number of unbranched alkanes of at least 4 members (excludes halogenated alkanes) is 6. The van der Waals surface area contributed by atoms with E-state index in [9.17, 15) is 0 Å². The third-order valence-electron chi connectivity index (χ3n) is 3.50. The van der Waals surface area contributed by atoms with Crippen LogP contribution < -0.4 is 9.47 Å². The molecule has 0 atom stereocenters. The Kier molecular flexibility index (Phi) is 10.5. The Morgan fingerprint density at radius 1 is 0.682 bits per heavy atom. The third-order valence-corrected chi connectivity index (χ3v) is 4.09. The molecule has 0 aliphatic rings. The number of halogens is 2. The van der Waals surface area contributed by atoms with Gasteiger partial charge in [-0.1, -0.05) is 75.6 Å². The van der Waals surface area contributed by atoms with Gasteiger partial charge in [-0.15, -0.1) is 0 Å². The van der Waals surface area contributed by atoms with Crippen molar-refractivity contribution in [3.63, 3.8) is 0 Å². The van der Waals surface area contributed by atoms with Gasteiger partial charge in [0.1, 0.15) is 11.5 Å². The highest BCUT2D eigenvalue weighted by molar-refractivity contribution is 6.35. The van der Waals surface area contributed by atoms with Crippen molar-refractivity contribution in [3.8, 4) is 11.5 Å². The van der Waals surface area contributed by atoms with Crippen LogP contribution in [0.4, 0.5) is 0 Å². The molecule has 0 saturated heterocycles. The van der Waals surface area contributed by atoms with Gasteiger partial charge in [0.15, 0.2) is 0 Å². The van der Waals surface area contributed by atoms with Gasteiger partial charge in [-0.3, -0.25) is 0 Å². The van der Waals surface area contributed by atoms with Crippen molar-refractivity contribution in [1.29, 1.82) is 0 Å². The van der Waals surface area contributed by atoms with Gasteiger partial charge in [-0.2, -0.15) is 0 Å². The zero-order chi connectivity index (χ0) is 16.2. The first-order chi connectivity index (χ1) is 10.7. The molecular formula is C18H28Cl2O2. The van der Waals surface area contributed by atoms with E-state index in [-0.39, 0.29) is 0 Å². The van der Waals surface area contributed by atoms with Crippen molar-refractivity contribution < 1.29 is 9.47 Å². The summed E-state index contributed by atoms with van der Waals surface area (Å²) < 4.78 is 11.4. The largest absolute Gasteiger partial charge is 0.492 e. The SMILES string of the molecule is CCCCCCOc1cc(Cl)c(OCCCCCC)cc1Cl. The van der Waals surface area contributed by atoms with Gasteiger partial charge in [0.25, 0.3) is 0 Å². The number of hydrogen-bond donors (Lipinski definition) is 0. The maximum absolute atomic E-state index is 6.24. The van der Waals surface area contributed by atoms with Crippen molar-refractivity contribution in [3.05, 3.63) is 22.2 Å². The van der Waals surface area contributed by atoms with Gasteiger partial charge >= 0.3 is 0 Å². The summed E-state index contributed by atoms with van der Waals surface area (Å²) in [6.45, 7) is 5.73. The molecule has 0 saturated carbocycles. The molecule has 1 aromatic carbocycles. The van der Waals surface area contributed by atoms with E-state index in [1.807, 2.05) is 0 Å². The maximum Gasteiger partial charge on any atom is 0.139 e. The predicted octanol–water partition coefficient (Wildman–Crippen LogP) is 6.91. The highest BCUT2D eigenvalue weighted by Gasteiger charge is 2.09. The molecule has 0 aliphatic carbocycles. The van der Waals surface area contributed by atoms with Crippen LogP contribution in [-0.2, 0) is 0 Å². The van der Waals surface area contributed by atoms with Gasteiger partial charge in [0.2, 0.25) is 0 Å². The summed E-state index contributed by atoms with van der Waals surface area (Å²) in [5.41, 5.74) is 0. The molecule has 2 nitrogen and oxygen atoms in total. The number of benzene rings is 1. The van der Waals surface area contributed by atoms with Gasteiger partial charge in [0.05, 0.1) is 23.3 Å². The molecule has 0 unspecified atom stereocenters. The first-order valence-electron chi connectivity index (χ1n) is 8.43. The lowest BCUT2D eigenvalue weighted by atomic mass is 10.2. The van der Waals surface area contributed by atoms with Gasteiger partial charge < -0.3 is 9.47 Å². The summed E-state index contributed by atoms with van der Waals surface area (Å²) in [5.74, 6) is 1.28. The van der Waals surface area contributed by atoms with Crippen molar-refractivity contribution in [1.82, 2.24) is 0 Å². The Bertz CT molecular complexity index is 382. The lowest BCUT2D eigenvalue weighted by Gasteiger charge is -2.12. The fourth-order valence-corrected chi connectivity index (χ4v) is 2.57. The lowest BCUT2D eigenvalue weighted by Crippen LogP contribution is -2.00. The molecule has 0 fully saturated rings. The summed E-state index contributed by atoms with van der Waals surface area (Å²) in [6.07, 6.45) is 9.36. The normalized spacial score (nSPS) is 10.7. The Hall–Kier alpha value is -0.600. The van der Waals surface area contributed by atoms with Crippen LogP contribution in [-0.4, -0.2) is 13.2 Å². The average Bonchev–Trinajstić information content (AvgIpc) is 2.51. The molecule has 22 heavy (non-hydrogen) atoms. The van der Waals surface area contributed by atoms with E-state index in [1.54, 1.807) is 12.1 Å². The van der Waals surface area contributed by atoms with Crippen LogP contribution in [0.3, 0.4) is 0 Å². The van der Waals surface area contributed by atoms with E-state index >= 15 is 0 Å². The molecule has 0 N–H and O–H groups in total. The van der Waals surface area contributed by atoms with Crippen molar-refractivity contribution in [2.75, 3.05) is 13.2 Å². The van der Waals surface area contributed by atoms with Crippen LogP contribution in [0.15, 0.2) is 12.1 Å². The summed E-state index contributed by atoms with van der Waals surface area (Å²) >= 11 is 12.5. The molecular weight excluding hydrogens is 319 g/mol. The summed E-state index contributed by atoms with van der Waals surface area (Å²) in [6, 6.07) is 3.51. The summed E-state index contributed by atoms with van der Waals surface area (Å²) in [4.78, 5) is 0. The second-order valence-electron chi connectivity index (χ2n) is 5.53. The smallest absolute Gasteiger partial charge is 0.139 e. The molecule has 4 heteroatoms. The molecule has 1 aromatic rings. The molecule has 0 bridgehead atoms. The van der Waals surface area contributed by atoms with Crippen molar-refractivity contribution in [2.24, 2.45) is 0 Å². The van der Waals surface area contributed by atoms with Crippen LogP contribution in [0.25, 0.3) is 0 Å². The van der Waals surface area contributed by atoms with Gasteiger partial charge in [-0.05, 0) is 12.8 Å². The van der Waals surface area contributed by atoms with E-state index < -0.39 is 0 Å². The first-order valence-corrected chi connectivity index (χ1v) is 9.19. The summed E-state index contributed by atoms with van der Waals surface area (Å²) in [7, 11) is 0. The highest BCUT2D eigenvalue weighted by Crippen LogP contribution is 2.36. The van der Waals surface area contributed by atoms with Crippen molar-refractivity contribution >= 4 is 23.2 Å². The molecule has 0 aromatic heterocycles. The second-order valence-corrected chi connectivity index (χ2v) is 6.35. The highest BCUT2D eigenvalue weighted by atomic mass is 35.5. The van der Waals surface area contributed by atoms with E-state index in [0.717, 1.165) is 12.8 Å². The Morgan fingerprint density at radius 2 is 1.09 bits per heavy atom. The zero-order valence-electron chi connectivity index (χ0n) is 13.8.